The number of fused-ring (bicyclic) bond motifs is 8. The van der Waals surface area contributed by atoms with Gasteiger partial charge in [-0.1, -0.05) is 127 Å². The van der Waals surface area contributed by atoms with Crippen molar-refractivity contribution in [2.45, 2.75) is 113 Å². The zero-order valence-electron chi connectivity index (χ0n) is 31.2. The Morgan fingerprint density at radius 2 is 0.860 bits per heavy atom. The fraction of sp³-hybridized carbons (Fsp3) is 0.452. The first-order valence-electron chi connectivity index (χ1n) is 18.3. The van der Waals surface area contributed by atoms with E-state index in [1.807, 2.05) is 0 Å². The number of isothiocyanates is 1. The average Bonchev–Trinajstić information content (AvgIpc) is 3.84. The van der Waals surface area contributed by atoms with Crippen molar-refractivity contribution in [3.8, 4) is 0 Å². The molecule has 0 aliphatic carbocycles. The predicted octanol–water partition coefficient (Wildman–Crippen LogP) is 11.3. The number of hydrogen-bond donors (Lipinski definition) is 0. The van der Waals surface area contributed by atoms with Gasteiger partial charge in [0.05, 0.1) is 22.8 Å². The van der Waals surface area contributed by atoms with Crippen LogP contribution in [0.3, 0.4) is 0 Å². The SMILES string of the molecule is C1=CC[N-]CC1.CCC1=C(CC)c2cc3[n-]c(cc4nc(cc5[n-]c(cc1n2)c(CC)c5CC)C(CC)=C4CC)c(CC)c3CC.[Fe+4].[N-]=C=S. The van der Waals surface area contributed by atoms with E-state index in [0.29, 0.717) is 0 Å². The van der Waals surface area contributed by atoms with Gasteiger partial charge in [0.2, 0.25) is 0 Å². The zero-order chi connectivity index (χ0) is 35.5. The molecule has 0 fully saturated rings. The summed E-state index contributed by atoms with van der Waals surface area (Å²) in [5, 5.41) is 12.6. The second-order valence-electron chi connectivity index (χ2n) is 12.2. The molecule has 0 spiro atoms. The smallest absolute Gasteiger partial charge is 0.753 e. The standard InChI is InChI=1S/C36H44N4.C5H8N.CNS.Fe/c1-9-21-22(10-2)30-18-32-25(13-5)26(14-6)34(39-32)20-36-28(16-8)27(15-7)35(40-36)19-33-24(12-4)23(11-3)31(38-33)17-29(21)37-30;1-2-4-6-5-3-1;2-1-3;/h17-20H,9-16H2,1-8H3;1-2H,3-5H2;;/q-2;2*-1;+4. The maximum atomic E-state index is 7.13. The number of aromatic nitrogens is 4. The van der Waals surface area contributed by atoms with E-state index in [0.717, 1.165) is 116 Å². The molecule has 0 saturated carbocycles. The number of thiocarbonyl (C=S) groups is 1. The summed E-state index contributed by atoms with van der Waals surface area (Å²) in [6, 6.07) is 8.98. The second-order valence-corrected chi connectivity index (χ2v) is 12.4. The van der Waals surface area contributed by atoms with Crippen LogP contribution in [0.25, 0.3) is 55.1 Å². The number of aryl methyl sites for hydroxylation is 4. The summed E-state index contributed by atoms with van der Waals surface area (Å²) < 4.78 is 0. The van der Waals surface area contributed by atoms with Crippen LogP contribution >= 0.6 is 12.2 Å². The molecule has 0 aromatic carbocycles. The maximum Gasteiger partial charge on any atom is 4.00 e. The maximum absolute atomic E-state index is 7.13. The van der Waals surface area contributed by atoms with E-state index >= 15 is 0 Å². The zero-order valence-corrected chi connectivity index (χ0v) is 33.1. The minimum absolute atomic E-state index is 0. The average molecular weight is 729 g/mol. The molecule has 0 saturated heterocycles. The summed E-state index contributed by atoms with van der Waals surface area (Å²) in [6.07, 6.45) is 13.0. The number of rotatable bonds is 8. The Morgan fingerprint density at radius 3 is 1.02 bits per heavy atom. The van der Waals surface area contributed by atoms with Gasteiger partial charge in [-0.15, -0.1) is 41.2 Å². The van der Waals surface area contributed by atoms with Crippen LogP contribution in [0.5, 0.6) is 0 Å². The third-order valence-corrected chi connectivity index (χ3v) is 9.67. The van der Waals surface area contributed by atoms with E-state index < -0.39 is 0 Å². The summed E-state index contributed by atoms with van der Waals surface area (Å²) in [6.45, 7) is 19.9. The third-order valence-electron chi connectivity index (χ3n) is 9.67. The molecule has 6 heterocycles. The van der Waals surface area contributed by atoms with Crippen molar-refractivity contribution >= 4 is 61.7 Å². The Kier molecular flexibility index (Phi) is 16.3. The molecule has 6 nitrogen and oxygen atoms in total. The van der Waals surface area contributed by atoms with E-state index in [4.69, 9.17) is 25.3 Å². The van der Waals surface area contributed by atoms with Crippen molar-refractivity contribution in [3.63, 3.8) is 0 Å². The Labute approximate surface area is 315 Å². The number of hydrogen-bond acceptors (Lipinski definition) is 3. The Hall–Kier alpha value is -3.38. The largest absolute Gasteiger partial charge is 4.00 e. The first-order valence-corrected chi connectivity index (χ1v) is 18.7. The van der Waals surface area contributed by atoms with Crippen LogP contribution in [0, 0.1) is 0 Å². The molecule has 0 atom stereocenters. The van der Waals surface area contributed by atoms with Gasteiger partial charge in [-0.25, -0.2) is 9.97 Å². The molecule has 6 rings (SSSR count). The van der Waals surface area contributed by atoms with Crippen molar-refractivity contribution in [2.75, 3.05) is 13.1 Å². The molecule has 0 unspecified atom stereocenters. The molecule has 3 aliphatic heterocycles. The van der Waals surface area contributed by atoms with Crippen LogP contribution in [0.15, 0.2) is 36.4 Å². The number of allylic oxidation sites excluding steroid dienone is 4. The fourth-order valence-electron chi connectivity index (χ4n) is 7.45. The monoisotopic (exact) mass is 728 g/mol. The molecule has 0 N–H and O–H groups in total. The first kappa shape index (κ1) is 41.0. The summed E-state index contributed by atoms with van der Waals surface area (Å²) in [5.41, 5.74) is 19.1. The van der Waals surface area contributed by atoms with Crippen LogP contribution in [-0.2, 0) is 42.8 Å². The van der Waals surface area contributed by atoms with E-state index in [1.165, 1.54) is 49.7 Å². The predicted molar refractivity (Wildman–Crippen MR) is 214 cm³/mol. The van der Waals surface area contributed by atoms with Gasteiger partial charge >= 0.3 is 17.1 Å². The molecule has 0 radical (unpaired) electrons. The van der Waals surface area contributed by atoms with Crippen LogP contribution in [-0.4, -0.2) is 28.2 Å². The van der Waals surface area contributed by atoms with Crippen LogP contribution in [0.2, 0.25) is 0 Å². The van der Waals surface area contributed by atoms with Gasteiger partial charge in [-0.2, -0.15) is 5.16 Å². The van der Waals surface area contributed by atoms with Gasteiger partial charge in [0, 0.05) is 0 Å². The molecule has 0 amide bonds. The van der Waals surface area contributed by atoms with Gasteiger partial charge in [-0.05, 0) is 73.7 Å². The van der Waals surface area contributed by atoms with Crippen LogP contribution in [0.4, 0.5) is 0 Å². The Balaban J connectivity index is 0.000000595. The van der Waals surface area contributed by atoms with Crippen molar-refractivity contribution < 1.29 is 17.1 Å². The van der Waals surface area contributed by atoms with E-state index in [2.05, 4.69) is 109 Å². The van der Waals surface area contributed by atoms with Crippen LogP contribution in [0.1, 0.15) is 133 Å². The van der Waals surface area contributed by atoms with Gasteiger partial charge in [0.25, 0.3) is 0 Å². The van der Waals surface area contributed by atoms with E-state index in [1.54, 1.807) is 0 Å². The molecule has 8 bridgehead atoms. The molecule has 3 aromatic heterocycles. The second kappa shape index (κ2) is 19.9. The fourth-order valence-corrected chi connectivity index (χ4v) is 7.45. The molecule has 50 heavy (non-hydrogen) atoms. The van der Waals surface area contributed by atoms with Crippen molar-refractivity contribution in [2.24, 2.45) is 0 Å². The summed E-state index contributed by atoms with van der Waals surface area (Å²) >= 11 is 3.70. The van der Waals surface area contributed by atoms with Gasteiger partial charge < -0.3 is 20.7 Å². The van der Waals surface area contributed by atoms with Gasteiger partial charge in [-0.3, -0.25) is 0 Å². The number of nitrogens with zero attached hydrogens (tertiary/aromatic N) is 6. The summed E-state index contributed by atoms with van der Waals surface area (Å²) in [7, 11) is 0. The minimum atomic E-state index is 0. The first-order chi connectivity index (χ1) is 23.9. The normalized spacial score (nSPS) is 13.6. The van der Waals surface area contributed by atoms with Crippen molar-refractivity contribution in [1.82, 2.24) is 19.9 Å². The Bertz CT molecular complexity index is 1690. The molecule has 8 heteroatoms. The molecule has 3 aliphatic rings. The topological polar surface area (TPSA) is 90.4 Å². The van der Waals surface area contributed by atoms with Crippen molar-refractivity contribution in [3.05, 3.63) is 92.2 Å². The molecule has 3 aromatic rings. The molecular weight excluding hydrogens is 676 g/mol. The van der Waals surface area contributed by atoms with Gasteiger partial charge in [0.1, 0.15) is 0 Å². The summed E-state index contributed by atoms with van der Waals surface area (Å²) in [4.78, 5) is 21.0. The van der Waals surface area contributed by atoms with E-state index in [9.17, 15) is 0 Å². The molecular formula is C42H52FeN6S. The quantitative estimate of drug-likeness (QED) is 0.0997. The summed E-state index contributed by atoms with van der Waals surface area (Å²) in [5.74, 6) is 0. The van der Waals surface area contributed by atoms with Crippen LogP contribution < -0.4 is 9.97 Å². The minimum Gasteiger partial charge on any atom is -0.753 e. The van der Waals surface area contributed by atoms with Gasteiger partial charge in [0.15, 0.2) is 0 Å². The third kappa shape index (κ3) is 8.73. The van der Waals surface area contributed by atoms with E-state index in [-0.39, 0.29) is 17.1 Å². The Morgan fingerprint density at radius 1 is 0.560 bits per heavy atom. The molecule has 264 valence electrons. The van der Waals surface area contributed by atoms with Crippen molar-refractivity contribution in [1.29, 1.82) is 0 Å².